The van der Waals surface area contributed by atoms with E-state index >= 15 is 0 Å². The van der Waals surface area contributed by atoms with Gasteiger partial charge in [0, 0.05) is 30.4 Å². The molecule has 126 valence electrons. The van der Waals surface area contributed by atoms with E-state index in [1.807, 2.05) is 11.0 Å². The third-order valence-corrected chi connectivity index (χ3v) is 4.58. The van der Waals surface area contributed by atoms with Gasteiger partial charge in [0.15, 0.2) is 0 Å². The molecule has 1 fully saturated rings. The Hall–Kier alpha value is -3.01. The van der Waals surface area contributed by atoms with Gasteiger partial charge in [0.25, 0.3) is 0 Å². The van der Waals surface area contributed by atoms with Gasteiger partial charge in [-0.1, -0.05) is 12.1 Å². The van der Waals surface area contributed by atoms with E-state index in [2.05, 4.69) is 15.0 Å². The van der Waals surface area contributed by atoms with Gasteiger partial charge in [-0.25, -0.2) is 18.7 Å². The SMILES string of the molecule is N#Cc1cccc(-c2c[nH]c3ncnc(N4CCC(F)CC4)c23)c1F. The van der Waals surface area contributed by atoms with Crippen LogP contribution in [-0.4, -0.2) is 34.2 Å². The lowest BCUT2D eigenvalue weighted by Crippen LogP contribution is -2.35. The van der Waals surface area contributed by atoms with Gasteiger partial charge in [-0.05, 0) is 18.9 Å². The molecule has 0 atom stereocenters. The van der Waals surface area contributed by atoms with E-state index in [1.54, 1.807) is 18.3 Å². The molecule has 1 N–H and O–H groups in total. The van der Waals surface area contributed by atoms with Crippen LogP contribution < -0.4 is 4.90 Å². The number of nitrogens with zero attached hydrogens (tertiary/aromatic N) is 4. The lowest BCUT2D eigenvalue weighted by Gasteiger charge is -2.30. The van der Waals surface area contributed by atoms with Crippen molar-refractivity contribution in [3.8, 4) is 17.2 Å². The van der Waals surface area contributed by atoms with Crippen molar-refractivity contribution in [1.29, 1.82) is 5.26 Å². The minimum absolute atomic E-state index is 0.0107. The highest BCUT2D eigenvalue weighted by Gasteiger charge is 2.24. The van der Waals surface area contributed by atoms with Crippen molar-refractivity contribution in [1.82, 2.24) is 15.0 Å². The van der Waals surface area contributed by atoms with Gasteiger partial charge in [0.1, 0.15) is 35.9 Å². The highest BCUT2D eigenvalue weighted by molar-refractivity contribution is 6.01. The topological polar surface area (TPSA) is 68.6 Å². The molecule has 1 aliphatic heterocycles. The fourth-order valence-electron chi connectivity index (χ4n) is 3.28. The molecule has 5 nitrogen and oxygen atoms in total. The van der Waals surface area contributed by atoms with E-state index in [0.717, 1.165) is 0 Å². The standard InChI is InChI=1S/C18H15F2N5/c19-12-4-6-25(7-5-12)18-15-14(9-22-17(15)23-10-24-18)13-3-1-2-11(8-21)16(13)20/h1-3,9-10,12H,4-7H2,(H,22,23,24). The largest absolute Gasteiger partial charge is 0.356 e. The number of hydrogen-bond donors (Lipinski definition) is 1. The quantitative estimate of drug-likeness (QED) is 0.775. The number of nitrogens with one attached hydrogen (secondary N) is 1. The molecule has 0 unspecified atom stereocenters. The number of rotatable bonds is 2. The second kappa shape index (κ2) is 6.13. The van der Waals surface area contributed by atoms with Crippen LogP contribution in [0.15, 0.2) is 30.7 Å². The molecule has 0 radical (unpaired) electrons. The van der Waals surface area contributed by atoms with Gasteiger partial charge in [0.05, 0.1) is 10.9 Å². The predicted molar refractivity (Wildman–Crippen MR) is 90.3 cm³/mol. The van der Waals surface area contributed by atoms with E-state index in [4.69, 9.17) is 5.26 Å². The summed E-state index contributed by atoms with van der Waals surface area (Å²) in [4.78, 5) is 13.6. The van der Waals surface area contributed by atoms with Crippen molar-refractivity contribution in [2.75, 3.05) is 18.0 Å². The Kier molecular flexibility index (Phi) is 3.80. The van der Waals surface area contributed by atoms with E-state index in [-0.39, 0.29) is 5.56 Å². The Balaban J connectivity index is 1.88. The highest BCUT2D eigenvalue weighted by atomic mass is 19.1. The van der Waals surface area contributed by atoms with Crippen LogP contribution in [-0.2, 0) is 0 Å². The van der Waals surface area contributed by atoms with Crippen molar-refractivity contribution in [2.24, 2.45) is 0 Å². The summed E-state index contributed by atoms with van der Waals surface area (Å²) < 4.78 is 28.1. The van der Waals surface area contributed by atoms with E-state index in [1.165, 1.54) is 12.4 Å². The smallest absolute Gasteiger partial charge is 0.148 e. The molecule has 1 saturated heterocycles. The predicted octanol–water partition coefficient (Wildman–Crippen LogP) is 3.57. The third kappa shape index (κ3) is 2.60. The number of aromatic nitrogens is 3. The summed E-state index contributed by atoms with van der Waals surface area (Å²) in [5.74, 6) is 0.0954. The molecule has 7 heteroatoms. The molecular formula is C18H15F2N5. The van der Waals surface area contributed by atoms with Crippen LogP contribution in [0.5, 0.6) is 0 Å². The normalized spacial score (nSPS) is 15.5. The fraction of sp³-hybridized carbons (Fsp3) is 0.278. The second-order valence-electron chi connectivity index (χ2n) is 6.06. The zero-order valence-corrected chi connectivity index (χ0v) is 13.3. The van der Waals surface area contributed by atoms with Gasteiger partial charge in [-0.3, -0.25) is 0 Å². The zero-order valence-electron chi connectivity index (χ0n) is 13.3. The summed E-state index contributed by atoms with van der Waals surface area (Å²) in [7, 11) is 0. The van der Waals surface area contributed by atoms with Crippen LogP contribution in [0.3, 0.4) is 0 Å². The van der Waals surface area contributed by atoms with Gasteiger partial charge >= 0.3 is 0 Å². The molecule has 1 aromatic carbocycles. The third-order valence-electron chi connectivity index (χ3n) is 4.58. The van der Waals surface area contributed by atoms with E-state index < -0.39 is 12.0 Å². The van der Waals surface area contributed by atoms with Gasteiger partial charge < -0.3 is 9.88 Å². The molecule has 0 aliphatic carbocycles. The summed E-state index contributed by atoms with van der Waals surface area (Å²) in [6.45, 7) is 1.11. The number of fused-ring (bicyclic) bond motifs is 1. The number of benzene rings is 1. The number of alkyl halides is 1. The molecule has 0 spiro atoms. The first-order valence-electron chi connectivity index (χ1n) is 8.09. The number of anilines is 1. The maximum atomic E-state index is 14.6. The number of hydrogen-bond acceptors (Lipinski definition) is 4. The average Bonchev–Trinajstić information content (AvgIpc) is 3.07. The fourth-order valence-corrected chi connectivity index (χ4v) is 3.28. The molecular weight excluding hydrogens is 324 g/mol. The van der Waals surface area contributed by atoms with Gasteiger partial charge in [-0.15, -0.1) is 0 Å². The van der Waals surface area contributed by atoms with Crippen LogP contribution in [0.4, 0.5) is 14.6 Å². The maximum Gasteiger partial charge on any atom is 0.148 e. The van der Waals surface area contributed by atoms with Crippen LogP contribution >= 0.6 is 0 Å². The first-order valence-corrected chi connectivity index (χ1v) is 8.09. The molecule has 0 amide bonds. The minimum atomic E-state index is -0.788. The summed E-state index contributed by atoms with van der Waals surface area (Å²) in [5.41, 5.74) is 1.50. The second-order valence-corrected chi connectivity index (χ2v) is 6.06. The van der Waals surface area contributed by atoms with E-state index in [9.17, 15) is 8.78 Å². The number of piperidine rings is 1. The Labute approximate surface area is 142 Å². The van der Waals surface area contributed by atoms with Crippen LogP contribution in [0.1, 0.15) is 18.4 Å². The molecule has 3 aromatic rings. The first kappa shape index (κ1) is 15.5. The first-order chi connectivity index (χ1) is 12.2. The summed E-state index contributed by atoms with van der Waals surface area (Å²) in [6.07, 6.45) is 3.22. The minimum Gasteiger partial charge on any atom is -0.356 e. The zero-order chi connectivity index (χ0) is 17.4. The van der Waals surface area contributed by atoms with Gasteiger partial charge in [-0.2, -0.15) is 5.26 Å². The Morgan fingerprint density at radius 1 is 1.20 bits per heavy atom. The van der Waals surface area contributed by atoms with Crippen molar-refractivity contribution in [2.45, 2.75) is 19.0 Å². The van der Waals surface area contributed by atoms with Gasteiger partial charge in [0.2, 0.25) is 0 Å². The molecule has 4 rings (SSSR count). The number of aromatic amines is 1. The molecule has 1 aliphatic rings. The van der Waals surface area contributed by atoms with Crippen LogP contribution in [0.2, 0.25) is 0 Å². The molecule has 2 aromatic heterocycles. The molecule has 0 saturated carbocycles. The summed E-state index contributed by atoms with van der Waals surface area (Å²) >= 11 is 0. The van der Waals surface area contributed by atoms with Crippen molar-refractivity contribution in [3.63, 3.8) is 0 Å². The van der Waals surface area contributed by atoms with Crippen molar-refractivity contribution >= 4 is 16.9 Å². The highest BCUT2D eigenvalue weighted by Crippen LogP contribution is 2.36. The maximum absolute atomic E-state index is 14.6. The molecule has 0 bridgehead atoms. The Morgan fingerprint density at radius 3 is 2.76 bits per heavy atom. The number of H-pyrrole nitrogens is 1. The Bertz CT molecular complexity index is 967. The molecule has 3 heterocycles. The monoisotopic (exact) mass is 339 g/mol. The summed E-state index contributed by atoms with van der Waals surface area (Å²) in [6, 6.07) is 6.58. The average molecular weight is 339 g/mol. The van der Waals surface area contributed by atoms with Crippen LogP contribution in [0, 0.1) is 17.1 Å². The lowest BCUT2D eigenvalue weighted by atomic mass is 10.0. The molecule has 25 heavy (non-hydrogen) atoms. The van der Waals surface area contributed by atoms with Crippen molar-refractivity contribution in [3.05, 3.63) is 42.1 Å². The number of nitriles is 1. The van der Waals surface area contributed by atoms with Crippen molar-refractivity contribution < 1.29 is 8.78 Å². The van der Waals surface area contributed by atoms with Crippen LogP contribution in [0.25, 0.3) is 22.2 Å². The number of halogens is 2. The lowest BCUT2D eigenvalue weighted by molar-refractivity contribution is 0.277. The van der Waals surface area contributed by atoms with E-state index in [0.29, 0.717) is 53.9 Å². The summed E-state index contributed by atoms with van der Waals surface area (Å²) in [5, 5.41) is 9.76. The Morgan fingerprint density at radius 2 is 2.00 bits per heavy atom.